The number of benzene rings is 8. The Morgan fingerprint density at radius 2 is 1.13 bits per heavy atom. The van der Waals surface area contributed by atoms with Gasteiger partial charge in [0.05, 0.1) is 22.3 Å². The first-order valence-corrected chi connectivity index (χ1v) is 20.4. The summed E-state index contributed by atoms with van der Waals surface area (Å²) < 4.78 is 28.4. The van der Waals surface area contributed by atoms with E-state index in [0.29, 0.717) is 28.0 Å². The van der Waals surface area contributed by atoms with Crippen LogP contribution in [0.1, 0.15) is 20.8 Å². The molecule has 0 atom stereocenters. The predicted octanol–water partition coefficient (Wildman–Crippen LogP) is 14.5. The third kappa shape index (κ3) is 7.59. The number of imidazole rings is 1. The van der Waals surface area contributed by atoms with Crippen LogP contribution in [-0.4, -0.2) is 19.6 Å². The van der Waals surface area contributed by atoms with Crippen LogP contribution in [0.5, 0.6) is 5.75 Å². The molecule has 0 aliphatic carbocycles. The maximum atomic E-state index is 11.9. The number of pyridine rings is 1. The smallest absolute Gasteiger partial charge is 0.148 e. The quantitative estimate of drug-likeness (QED) is 0.154. The number of hydrogen-bond acceptors (Lipinski definition) is 3. The average molecular weight is 983 g/mol. The molecule has 0 aliphatic rings. The average Bonchev–Trinajstić information content (AvgIpc) is 3.72. The predicted molar refractivity (Wildman–Crippen MR) is 252 cm³/mol. The largest absolute Gasteiger partial charge is 0.507 e. The SMILES string of the molecule is [2H]C([2H])([2H])c1cc(-c2ccccc2)c(-n2c(-c3cc(C)cc(C)c3O)nc3c(-c4[c-]c(-c5cc(-c6ccccc6)ccn5)cc(-c5ccccc5)c4)cccc32)cc1-c1ccccc1.[Pt]. The Hall–Kier alpha value is -7.13. The van der Waals surface area contributed by atoms with E-state index < -0.39 is 6.85 Å². The number of aromatic hydroxyl groups is 1. The number of phenols is 1. The van der Waals surface area contributed by atoms with Gasteiger partial charge in [0.25, 0.3) is 0 Å². The van der Waals surface area contributed by atoms with Crippen molar-refractivity contribution in [3.8, 4) is 89.7 Å². The molecule has 62 heavy (non-hydrogen) atoms. The van der Waals surface area contributed by atoms with Gasteiger partial charge in [-0.1, -0.05) is 162 Å². The molecule has 0 amide bonds. The molecular formula is C57H42N3OPt-. The third-order valence-electron chi connectivity index (χ3n) is 11.3. The summed E-state index contributed by atoms with van der Waals surface area (Å²) >= 11 is 0. The van der Waals surface area contributed by atoms with Gasteiger partial charge < -0.3 is 5.11 Å². The van der Waals surface area contributed by atoms with Crippen LogP contribution in [0.4, 0.5) is 0 Å². The van der Waals surface area contributed by atoms with Crippen LogP contribution in [0.25, 0.3) is 95.0 Å². The maximum absolute atomic E-state index is 11.9. The molecule has 0 saturated heterocycles. The summed E-state index contributed by atoms with van der Waals surface area (Å²) in [7, 11) is 0. The molecule has 0 fully saturated rings. The van der Waals surface area contributed by atoms with Gasteiger partial charge in [-0.15, -0.1) is 23.8 Å². The van der Waals surface area contributed by atoms with Gasteiger partial charge in [-0.2, -0.15) is 0 Å². The minimum absolute atomic E-state index is 0. The molecule has 5 heteroatoms. The summed E-state index contributed by atoms with van der Waals surface area (Å²) in [5.74, 6) is 0.637. The van der Waals surface area contributed by atoms with Crippen LogP contribution < -0.4 is 0 Å². The molecule has 1 N–H and O–H groups in total. The van der Waals surface area contributed by atoms with Crippen molar-refractivity contribution in [1.82, 2.24) is 14.5 Å². The number of fused-ring (bicyclic) bond motifs is 1. The van der Waals surface area contributed by atoms with Crippen molar-refractivity contribution >= 4 is 11.0 Å². The Morgan fingerprint density at radius 1 is 0.516 bits per heavy atom. The van der Waals surface area contributed by atoms with Crippen molar-refractivity contribution in [3.05, 3.63) is 217 Å². The van der Waals surface area contributed by atoms with Crippen molar-refractivity contribution in [2.24, 2.45) is 0 Å². The zero-order chi connectivity index (χ0) is 44.0. The van der Waals surface area contributed by atoms with E-state index in [1.165, 1.54) is 0 Å². The van der Waals surface area contributed by atoms with Gasteiger partial charge in [-0.3, -0.25) is 9.55 Å². The van der Waals surface area contributed by atoms with Gasteiger partial charge >= 0.3 is 0 Å². The number of rotatable bonds is 8. The first kappa shape index (κ1) is 36.7. The van der Waals surface area contributed by atoms with E-state index in [4.69, 9.17) is 14.1 Å². The molecule has 0 aliphatic heterocycles. The second kappa shape index (κ2) is 17.1. The molecule has 0 saturated carbocycles. The van der Waals surface area contributed by atoms with Gasteiger partial charge in [0, 0.05) is 42.6 Å². The van der Waals surface area contributed by atoms with Crippen molar-refractivity contribution in [3.63, 3.8) is 0 Å². The number of phenolic OH excluding ortho intramolecular Hbond substituents is 1. The minimum Gasteiger partial charge on any atom is -0.507 e. The van der Waals surface area contributed by atoms with Gasteiger partial charge in [0.15, 0.2) is 0 Å². The monoisotopic (exact) mass is 982 g/mol. The van der Waals surface area contributed by atoms with Gasteiger partial charge in [0.1, 0.15) is 11.6 Å². The summed E-state index contributed by atoms with van der Waals surface area (Å²) in [4.78, 5) is 10.4. The van der Waals surface area contributed by atoms with E-state index in [0.717, 1.165) is 78.1 Å². The molecule has 2 heterocycles. The molecule has 10 aromatic rings. The van der Waals surface area contributed by atoms with E-state index in [9.17, 15) is 5.11 Å². The normalized spacial score (nSPS) is 12.0. The summed E-state index contributed by atoms with van der Waals surface area (Å²) in [5, 5.41) is 11.9. The number of aryl methyl sites for hydroxylation is 3. The number of aromatic nitrogens is 3. The minimum atomic E-state index is -2.42. The van der Waals surface area contributed by atoms with E-state index in [2.05, 4.69) is 59.2 Å². The zero-order valence-corrected chi connectivity index (χ0v) is 36.4. The molecule has 302 valence electrons. The number of hydrogen-bond donors (Lipinski definition) is 1. The molecule has 4 nitrogen and oxygen atoms in total. The van der Waals surface area contributed by atoms with E-state index in [-0.39, 0.29) is 32.4 Å². The van der Waals surface area contributed by atoms with Crippen molar-refractivity contribution in [2.45, 2.75) is 20.7 Å². The molecule has 10 rings (SSSR count). The molecular weight excluding hydrogens is 938 g/mol. The standard InChI is InChI=1S/C57H42N3O.Pt/c1-37-29-39(3)56(61)51(30-37)57-59-55-48(46-32-45(41-19-10-5-11-20-41)33-47(34-46)52-35-44(27-28-58-52)40-17-8-4-9-18-40)25-16-26-53(55)60(57)54-36-49(42-21-12-6-13-22-42)38(2)31-50(54)43-23-14-7-15-24-43;/h4-33,35-36,61H,1-3H3;/q-1;/i2D3;. The van der Waals surface area contributed by atoms with Crippen LogP contribution in [0.15, 0.2) is 194 Å². The van der Waals surface area contributed by atoms with Crippen LogP contribution in [-0.2, 0) is 21.1 Å². The van der Waals surface area contributed by atoms with E-state index in [1.807, 2.05) is 154 Å². The van der Waals surface area contributed by atoms with Gasteiger partial charge in [-0.05, 0) is 101 Å². The Balaban J connectivity index is 0.00000533. The first-order chi connectivity index (χ1) is 31.1. The van der Waals surface area contributed by atoms with Gasteiger partial charge in [-0.25, -0.2) is 4.98 Å². The molecule has 0 bridgehead atoms. The second-order valence-corrected chi connectivity index (χ2v) is 15.4. The first-order valence-electron chi connectivity index (χ1n) is 21.9. The zero-order valence-electron chi connectivity index (χ0n) is 37.1. The summed E-state index contributed by atoms with van der Waals surface area (Å²) in [6.45, 7) is 1.48. The fraction of sp³-hybridized carbons (Fsp3) is 0.0526. The van der Waals surface area contributed by atoms with Crippen molar-refractivity contribution in [2.75, 3.05) is 0 Å². The van der Waals surface area contributed by atoms with Crippen LogP contribution >= 0.6 is 0 Å². The molecule has 2 aromatic heterocycles. The maximum Gasteiger partial charge on any atom is 0.148 e. The topological polar surface area (TPSA) is 50.9 Å². The van der Waals surface area contributed by atoms with Crippen LogP contribution in [0.3, 0.4) is 0 Å². The Bertz CT molecular complexity index is 3330. The third-order valence-corrected chi connectivity index (χ3v) is 11.3. The molecule has 8 aromatic carbocycles. The number of para-hydroxylation sites is 1. The van der Waals surface area contributed by atoms with Crippen molar-refractivity contribution in [1.29, 1.82) is 0 Å². The number of nitrogens with zero attached hydrogens (tertiary/aromatic N) is 3. The van der Waals surface area contributed by atoms with Gasteiger partial charge in [0.2, 0.25) is 0 Å². The second-order valence-electron chi connectivity index (χ2n) is 15.4. The molecule has 0 unspecified atom stereocenters. The Labute approximate surface area is 381 Å². The Morgan fingerprint density at radius 3 is 1.79 bits per heavy atom. The van der Waals surface area contributed by atoms with E-state index >= 15 is 0 Å². The van der Waals surface area contributed by atoms with Crippen LogP contribution in [0.2, 0.25) is 0 Å². The van der Waals surface area contributed by atoms with Crippen molar-refractivity contribution < 1.29 is 30.3 Å². The summed E-state index contributed by atoms with van der Waals surface area (Å²) in [5.41, 5.74) is 15.1. The fourth-order valence-electron chi connectivity index (χ4n) is 8.39. The molecule has 0 spiro atoms. The Kier molecular flexibility index (Phi) is 10.1. The fourth-order valence-corrected chi connectivity index (χ4v) is 8.39. The summed E-state index contributed by atoms with van der Waals surface area (Å²) in [6, 6.07) is 66.1. The van der Waals surface area contributed by atoms with E-state index in [1.54, 1.807) is 6.07 Å². The summed E-state index contributed by atoms with van der Waals surface area (Å²) in [6.07, 6.45) is 1.84. The molecule has 0 radical (unpaired) electrons. The van der Waals surface area contributed by atoms with Crippen LogP contribution in [0, 0.1) is 26.8 Å².